The highest BCUT2D eigenvalue weighted by Gasteiger charge is 2.33. The smallest absolute Gasteiger partial charge is 0.225 e. The highest BCUT2D eigenvalue weighted by Crippen LogP contribution is 2.35. The van der Waals surface area contributed by atoms with E-state index in [-0.39, 0.29) is 5.92 Å². The molecule has 0 amide bonds. The van der Waals surface area contributed by atoms with Crippen LogP contribution in [0, 0.1) is 0 Å². The van der Waals surface area contributed by atoms with Gasteiger partial charge in [-0.3, -0.25) is 9.97 Å². The first kappa shape index (κ1) is 17.8. The number of benzene rings is 2. The molecule has 3 heterocycles. The lowest BCUT2D eigenvalue weighted by molar-refractivity contribution is 0.415. The minimum atomic E-state index is 0.260. The molecule has 29 heavy (non-hydrogen) atoms. The second-order valence-corrected chi connectivity index (χ2v) is 7.38. The zero-order chi connectivity index (χ0) is 19.8. The standard InChI is InChI=1S/C22H18ClN5O/c1-29-17-6-2-4-14(10-17)20-21(25-9-8-24-20)16-12-28(13-16)22-26-11-15-5-3-7-18(23)19(15)27-22/h2-11,16H,12-13H2,1H3. The summed E-state index contributed by atoms with van der Waals surface area (Å²) in [5, 5.41) is 1.57. The lowest BCUT2D eigenvalue weighted by Crippen LogP contribution is -2.46. The van der Waals surface area contributed by atoms with Crippen molar-refractivity contribution in [2.24, 2.45) is 0 Å². The number of nitrogens with zero attached hydrogens (tertiary/aromatic N) is 5. The van der Waals surface area contributed by atoms with Crippen LogP contribution in [0.1, 0.15) is 11.6 Å². The van der Waals surface area contributed by atoms with Gasteiger partial charge in [0.1, 0.15) is 5.75 Å². The quantitative estimate of drug-likeness (QED) is 0.504. The molecule has 0 radical (unpaired) electrons. The van der Waals surface area contributed by atoms with E-state index in [4.69, 9.17) is 16.3 Å². The summed E-state index contributed by atoms with van der Waals surface area (Å²) >= 11 is 6.30. The van der Waals surface area contributed by atoms with Crippen LogP contribution in [0.25, 0.3) is 22.2 Å². The molecule has 0 atom stereocenters. The number of ether oxygens (including phenoxy) is 1. The number of halogens is 1. The van der Waals surface area contributed by atoms with E-state index in [1.807, 2.05) is 48.7 Å². The topological polar surface area (TPSA) is 64.0 Å². The van der Waals surface area contributed by atoms with Crippen molar-refractivity contribution >= 4 is 28.5 Å². The molecule has 0 saturated carbocycles. The van der Waals surface area contributed by atoms with Gasteiger partial charge in [0.25, 0.3) is 0 Å². The van der Waals surface area contributed by atoms with Crippen molar-refractivity contribution in [2.75, 3.05) is 25.1 Å². The highest BCUT2D eigenvalue weighted by atomic mass is 35.5. The summed E-state index contributed by atoms with van der Waals surface area (Å²) in [4.78, 5) is 20.5. The zero-order valence-electron chi connectivity index (χ0n) is 15.8. The van der Waals surface area contributed by atoms with Gasteiger partial charge < -0.3 is 9.64 Å². The molecule has 1 fully saturated rings. The van der Waals surface area contributed by atoms with Crippen LogP contribution in [-0.2, 0) is 0 Å². The Morgan fingerprint density at radius 1 is 1.03 bits per heavy atom. The maximum atomic E-state index is 6.30. The van der Waals surface area contributed by atoms with Crippen LogP contribution < -0.4 is 9.64 Å². The van der Waals surface area contributed by atoms with E-state index < -0.39 is 0 Å². The first-order chi connectivity index (χ1) is 14.2. The fourth-order valence-corrected chi connectivity index (χ4v) is 3.84. The molecule has 6 nitrogen and oxygen atoms in total. The average molecular weight is 404 g/mol. The molecule has 0 N–H and O–H groups in total. The van der Waals surface area contributed by atoms with Gasteiger partial charge in [-0.15, -0.1) is 0 Å². The predicted molar refractivity (Wildman–Crippen MR) is 114 cm³/mol. The minimum absolute atomic E-state index is 0.260. The second kappa shape index (κ2) is 7.29. The fourth-order valence-electron chi connectivity index (χ4n) is 3.62. The predicted octanol–water partition coefficient (Wildman–Crippen LogP) is 4.35. The lowest BCUT2D eigenvalue weighted by atomic mass is 9.92. The van der Waals surface area contributed by atoms with Gasteiger partial charge in [0.05, 0.1) is 29.0 Å². The Bertz CT molecular complexity index is 1190. The molecule has 0 aliphatic carbocycles. The van der Waals surface area contributed by atoms with Gasteiger partial charge >= 0.3 is 0 Å². The van der Waals surface area contributed by atoms with E-state index in [0.717, 1.165) is 46.7 Å². The number of hydrogen-bond acceptors (Lipinski definition) is 6. The number of methoxy groups -OCH3 is 1. The lowest BCUT2D eigenvalue weighted by Gasteiger charge is -2.39. The van der Waals surface area contributed by atoms with E-state index in [1.54, 1.807) is 19.5 Å². The SMILES string of the molecule is COc1cccc(-c2nccnc2C2CN(c3ncc4cccc(Cl)c4n3)C2)c1. The molecular formula is C22H18ClN5O. The third-order valence-corrected chi connectivity index (χ3v) is 5.47. The summed E-state index contributed by atoms with van der Waals surface area (Å²) in [7, 11) is 1.66. The summed E-state index contributed by atoms with van der Waals surface area (Å²) in [6.07, 6.45) is 5.29. The van der Waals surface area contributed by atoms with E-state index in [9.17, 15) is 0 Å². The average Bonchev–Trinajstić information content (AvgIpc) is 2.74. The van der Waals surface area contributed by atoms with Crippen molar-refractivity contribution in [2.45, 2.75) is 5.92 Å². The Balaban J connectivity index is 1.41. The zero-order valence-corrected chi connectivity index (χ0v) is 16.5. The van der Waals surface area contributed by atoms with Crippen LogP contribution in [0.3, 0.4) is 0 Å². The van der Waals surface area contributed by atoms with E-state index in [1.165, 1.54) is 0 Å². The minimum Gasteiger partial charge on any atom is -0.497 e. The molecule has 2 aromatic carbocycles. The number of fused-ring (bicyclic) bond motifs is 1. The van der Waals surface area contributed by atoms with Gasteiger partial charge in [0, 0.05) is 48.5 Å². The molecule has 1 saturated heterocycles. The summed E-state index contributed by atoms with van der Waals surface area (Å²) in [6.45, 7) is 1.57. The van der Waals surface area contributed by atoms with Crippen LogP contribution in [0.15, 0.2) is 61.1 Å². The number of aromatic nitrogens is 4. The Morgan fingerprint density at radius 2 is 1.86 bits per heavy atom. The number of hydrogen-bond donors (Lipinski definition) is 0. The van der Waals surface area contributed by atoms with Crippen LogP contribution in [-0.4, -0.2) is 40.1 Å². The van der Waals surface area contributed by atoms with Crippen molar-refractivity contribution in [3.63, 3.8) is 0 Å². The number of para-hydroxylation sites is 1. The molecule has 0 unspecified atom stereocenters. The van der Waals surface area contributed by atoms with E-state index in [0.29, 0.717) is 11.0 Å². The Morgan fingerprint density at radius 3 is 2.72 bits per heavy atom. The highest BCUT2D eigenvalue weighted by molar-refractivity contribution is 6.35. The second-order valence-electron chi connectivity index (χ2n) is 6.97. The molecular weight excluding hydrogens is 386 g/mol. The third-order valence-electron chi connectivity index (χ3n) is 5.17. The van der Waals surface area contributed by atoms with Crippen LogP contribution >= 0.6 is 11.6 Å². The van der Waals surface area contributed by atoms with Crippen molar-refractivity contribution in [3.8, 4) is 17.0 Å². The molecule has 1 aliphatic rings. The first-order valence-corrected chi connectivity index (χ1v) is 9.72. The molecule has 2 aromatic heterocycles. The number of rotatable bonds is 4. The molecule has 5 rings (SSSR count). The van der Waals surface area contributed by atoms with E-state index in [2.05, 4.69) is 24.8 Å². The first-order valence-electron chi connectivity index (χ1n) is 9.34. The van der Waals surface area contributed by atoms with Crippen LogP contribution in [0.2, 0.25) is 5.02 Å². The molecule has 4 aromatic rings. The van der Waals surface area contributed by atoms with Gasteiger partial charge in [0.15, 0.2) is 0 Å². The maximum absolute atomic E-state index is 6.30. The van der Waals surface area contributed by atoms with E-state index >= 15 is 0 Å². The van der Waals surface area contributed by atoms with Crippen LogP contribution in [0.4, 0.5) is 5.95 Å². The van der Waals surface area contributed by atoms with Crippen molar-refractivity contribution < 1.29 is 4.74 Å². The summed E-state index contributed by atoms with van der Waals surface area (Å²) in [5.41, 5.74) is 3.65. The summed E-state index contributed by atoms with van der Waals surface area (Å²) < 4.78 is 5.35. The van der Waals surface area contributed by atoms with Crippen LogP contribution in [0.5, 0.6) is 5.75 Å². The molecule has 1 aliphatic heterocycles. The maximum Gasteiger partial charge on any atom is 0.225 e. The molecule has 144 valence electrons. The van der Waals surface area contributed by atoms with Crippen molar-refractivity contribution in [1.82, 2.24) is 19.9 Å². The Labute approximate surface area is 173 Å². The molecule has 0 bridgehead atoms. The summed E-state index contributed by atoms with van der Waals surface area (Å²) in [5.74, 6) is 1.75. The Kier molecular flexibility index (Phi) is 4.48. The van der Waals surface area contributed by atoms with Gasteiger partial charge in [-0.05, 0) is 18.2 Å². The van der Waals surface area contributed by atoms with Gasteiger partial charge in [-0.1, -0.05) is 35.9 Å². The summed E-state index contributed by atoms with van der Waals surface area (Å²) in [6, 6.07) is 13.6. The molecule has 0 spiro atoms. The fraction of sp³-hybridized carbons (Fsp3) is 0.182. The van der Waals surface area contributed by atoms with Gasteiger partial charge in [0.2, 0.25) is 5.95 Å². The molecule has 7 heteroatoms. The normalized spacial score (nSPS) is 14.1. The largest absolute Gasteiger partial charge is 0.497 e. The van der Waals surface area contributed by atoms with Crippen molar-refractivity contribution in [3.05, 3.63) is 71.8 Å². The monoisotopic (exact) mass is 403 g/mol. The van der Waals surface area contributed by atoms with Crippen molar-refractivity contribution in [1.29, 1.82) is 0 Å². The third kappa shape index (κ3) is 3.25. The van der Waals surface area contributed by atoms with Gasteiger partial charge in [-0.2, -0.15) is 0 Å². The van der Waals surface area contributed by atoms with Gasteiger partial charge in [-0.25, -0.2) is 9.97 Å². The Hall–Kier alpha value is -3.25. The number of anilines is 1.